The van der Waals surface area contributed by atoms with E-state index >= 15 is 0 Å². The van der Waals surface area contributed by atoms with Crippen molar-refractivity contribution in [1.82, 2.24) is 14.9 Å². The number of nitrogens with two attached hydrogens (primary N) is 1. The number of rotatable bonds is 3. The summed E-state index contributed by atoms with van der Waals surface area (Å²) in [5, 5.41) is 6.66. The van der Waals surface area contributed by atoms with Gasteiger partial charge in [0, 0.05) is 16.6 Å². The van der Waals surface area contributed by atoms with Crippen molar-refractivity contribution in [3.63, 3.8) is 0 Å². The van der Waals surface area contributed by atoms with Crippen molar-refractivity contribution in [3.8, 4) is 0 Å². The minimum absolute atomic E-state index is 0. The first-order valence-corrected chi connectivity index (χ1v) is 4.45. The molecule has 0 atom stereocenters. The van der Waals surface area contributed by atoms with Crippen molar-refractivity contribution in [3.05, 3.63) is 17.3 Å². The second-order valence-corrected chi connectivity index (χ2v) is 3.51. The van der Waals surface area contributed by atoms with E-state index in [4.69, 9.17) is 17.3 Å². The second kappa shape index (κ2) is 5.79. The fourth-order valence-electron chi connectivity index (χ4n) is 0.615. The fraction of sp³-hybridized carbons (Fsp3) is 0.167. The van der Waals surface area contributed by atoms with E-state index in [0.717, 1.165) is 11.5 Å². The van der Waals surface area contributed by atoms with E-state index in [-0.39, 0.29) is 29.6 Å². The summed E-state index contributed by atoms with van der Waals surface area (Å²) in [6.07, 6.45) is 0. The summed E-state index contributed by atoms with van der Waals surface area (Å²) in [4.78, 5) is 11.2. The molecule has 1 heterocycles. The zero-order chi connectivity index (χ0) is 9.84. The lowest BCUT2D eigenvalue weighted by Gasteiger charge is -2.00. The zero-order valence-corrected chi connectivity index (χ0v) is 9.38. The number of hydrogen-bond acceptors (Lipinski definition) is 5. The van der Waals surface area contributed by atoms with Gasteiger partial charge in [-0.3, -0.25) is 4.79 Å². The van der Waals surface area contributed by atoms with Gasteiger partial charge in [0.15, 0.2) is 5.69 Å². The standard InChI is InChI=1S/C6H7ClN4OS.ClH/c1-3(7)2-9-6(12)4-5(8)13-11-10-4;/h1-2,8H2,(H,9,12);1H. The predicted octanol–water partition coefficient (Wildman–Crippen LogP) is 1.02. The van der Waals surface area contributed by atoms with E-state index < -0.39 is 5.91 Å². The Morgan fingerprint density at radius 3 is 2.79 bits per heavy atom. The molecule has 0 radical (unpaired) electrons. The average molecular weight is 255 g/mol. The minimum Gasteiger partial charge on any atom is -0.387 e. The van der Waals surface area contributed by atoms with Gasteiger partial charge in [-0.15, -0.1) is 17.5 Å². The van der Waals surface area contributed by atoms with Crippen molar-refractivity contribution in [2.24, 2.45) is 0 Å². The molecule has 0 saturated carbocycles. The van der Waals surface area contributed by atoms with Gasteiger partial charge in [-0.25, -0.2) is 0 Å². The molecule has 0 saturated heterocycles. The molecule has 1 aromatic heterocycles. The molecular weight excluding hydrogens is 247 g/mol. The van der Waals surface area contributed by atoms with Crippen LogP contribution in [-0.2, 0) is 0 Å². The molecular formula is C6H8Cl2N4OS. The molecule has 0 aliphatic carbocycles. The molecule has 1 aromatic rings. The highest BCUT2D eigenvalue weighted by Crippen LogP contribution is 2.11. The Kier molecular flexibility index (Phi) is 5.44. The lowest BCUT2D eigenvalue weighted by atomic mass is 10.4. The Balaban J connectivity index is 0.00000169. The first kappa shape index (κ1) is 13.2. The Morgan fingerprint density at radius 1 is 1.71 bits per heavy atom. The SMILES string of the molecule is C=C(Cl)CNC(=O)c1nnsc1N.Cl. The van der Waals surface area contributed by atoms with Gasteiger partial charge in [0.2, 0.25) is 0 Å². The molecule has 0 aromatic carbocycles. The number of nitrogens with one attached hydrogen (secondary N) is 1. The number of amides is 1. The van der Waals surface area contributed by atoms with Crippen LogP contribution in [0.2, 0.25) is 0 Å². The topological polar surface area (TPSA) is 80.9 Å². The third-order valence-electron chi connectivity index (χ3n) is 1.17. The first-order chi connectivity index (χ1) is 6.11. The summed E-state index contributed by atoms with van der Waals surface area (Å²) in [7, 11) is 0. The van der Waals surface area contributed by atoms with Crippen LogP contribution in [0.25, 0.3) is 0 Å². The maximum Gasteiger partial charge on any atom is 0.275 e. The van der Waals surface area contributed by atoms with Gasteiger partial charge in [-0.05, 0) is 0 Å². The van der Waals surface area contributed by atoms with Gasteiger partial charge in [0.25, 0.3) is 5.91 Å². The van der Waals surface area contributed by atoms with E-state index in [1.165, 1.54) is 0 Å². The molecule has 3 N–H and O–H groups in total. The molecule has 0 bridgehead atoms. The number of anilines is 1. The third kappa shape index (κ3) is 3.49. The van der Waals surface area contributed by atoms with Gasteiger partial charge in [-0.1, -0.05) is 22.7 Å². The van der Waals surface area contributed by atoms with Crippen molar-refractivity contribution in [2.75, 3.05) is 12.3 Å². The minimum atomic E-state index is -0.395. The maximum absolute atomic E-state index is 11.2. The van der Waals surface area contributed by atoms with Crippen molar-refractivity contribution >= 4 is 46.4 Å². The number of carbonyl (C=O) groups excluding carboxylic acids is 1. The van der Waals surface area contributed by atoms with E-state index in [0.29, 0.717) is 5.03 Å². The van der Waals surface area contributed by atoms with Crippen LogP contribution < -0.4 is 11.1 Å². The van der Waals surface area contributed by atoms with Crippen LogP contribution in [-0.4, -0.2) is 22.0 Å². The highest BCUT2D eigenvalue weighted by atomic mass is 35.5. The lowest BCUT2D eigenvalue weighted by Crippen LogP contribution is -2.25. The van der Waals surface area contributed by atoms with Crippen LogP contribution in [0.4, 0.5) is 5.00 Å². The van der Waals surface area contributed by atoms with Crippen molar-refractivity contribution < 1.29 is 4.79 Å². The molecule has 0 aliphatic rings. The summed E-state index contributed by atoms with van der Waals surface area (Å²) < 4.78 is 3.52. The number of nitrogen functional groups attached to an aromatic ring is 1. The Bertz CT molecular complexity index is 340. The number of aromatic nitrogens is 2. The van der Waals surface area contributed by atoms with Crippen LogP contribution in [0.1, 0.15) is 10.5 Å². The number of halogens is 2. The summed E-state index contributed by atoms with van der Waals surface area (Å²) in [5.41, 5.74) is 5.55. The smallest absolute Gasteiger partial charge is 0.275 e. The van der Waals surface area contributed by atoms with Crippen LogP contribution in [0.5, 0.6) is 0 Å². The molecule has 1 amide bonds. The summed E-state index contributed by atoms with van der Waals surface area (Å²) in [6, 6.07) is 0. The van der Waals surface area contributed by atoms with E-state index in [9.17, 15) is 4.79 Å². The van der Waals surface area contributed by atoms with Crippen LogP contribution >= 0.6 is 35.5 Å². The van der Waals surface area contributed by atoms with Crippen molar-refractivity contribution in [1.29, 1.82) is 0 Å². The monoisotopic (exact) mass is 254 g/mol. The first-order valence-electron chi connectivity index (χ1n) is 3.30. The molecule has 5 nitrogen and oxygen atoms in total. The number of hydrogen-bond donors (Lipinski definition) is 2. The van der Waals surface area contributed by atoms with E-state index in [1.54, 1.807) is 0 Å². The highest BCUT2D eigenvalue weighted by Gasteiger charge is 2.13. The molecule has 14 heavy (non-hydrogen) atoms. The zero-order valence-electron chi connectivity index (χ0n) is 6.99. The third-order valence-corrected chi connectivity index (χ3v) is 1.86. The molecule has 0 unspecified atom stereocenters. The van der Waals surface area contributed by atoms with Gasteiger partial charge in [0.05, 0.1) is 6.54 Å². The normalized spacial score (nSPS) is 8.93. The van der Waals surface area contributed by atoms with Crippen molar-refractivity contribution in [2.45, 2.75) is 0 Å². The molecule has 1 rings (SSSR count). The fourth-order valence-corrected chi connectivity index (χ4v) is 1.11. The summed E-state index contributed by atoms with van der Waals surface area (Å²) in [6.45, 7) is 3.61. The van der Waals surface area contributed by atoms with Gasteiger partial charge < -0.3 is 11.1 Å². The Labute approximate surface area is 95.9 Å². The van der Waals surface area contributed by atoms with Gasteiger partial charge >= 0.3 is 0 Å². The van der Waals surface area contributed by atoms with E-state index in [2.05, 4.69) is 21.5 Å². The Morgan fingerprint density at radius 2 is 2.36 bits per heavy atom. The van der Waals surface area contributed by atoms with Crippen LogP contribution in [0, 0.1) is 0 Å². The molecule has 8 heteroatoms. The number of carbonyl (C=O) groups is 1. The molecule has 0 aliphatic heterocycles. The second-order valence-electron chi connectivity index (χ2n) is 2.19. The molecule has 0 fully saturated rings. The largest absolute Gasteiger partial charge is 0.387 e. The molecule has 78 valence electrons. The lowest BCUT2D eigenvalue weighted by molar-refractivity contribution is 0.0953. The number of nitrogens with zero attached hydrogens (tertiary/aromatic N) is 2. The van der Waals surface area contributed by atoms with Crippen LogP contribution in [0.15, 0.2) is 11.6 Å². The predicted molar refractivity (Wildman–Crippen MR) is 58.9 cm³/mol. The quantitative estimate of drug-likeness (QED) is 0.845. The highest BCUT2D eigenvalue weighted by molar-refractivity contribution is 7.10. The average Bonchev–Trinajstić information content (AvgIpc) is 2.47. The summed E-state index contributed by atoms with van der Waals surface area (Å²) >= 11 is 6.42. The van der Waals surface area contributed by atoms with Crippen LogP contribution in [0.3, 0.4) is 0 Å². The summed E-state index contributed by atoms with van der Waals surface area (Å²) in [5.74, 6) is -0.395. The maximum atomic E-state index is 11.2. The Hall–Kier alpha value is -0.850. The van der Waals surface area contributed by atoms with Gasteiger partial charge in [-0.2, -0.15) is 0 Å². The van der Waals surface area contributed by atoms with E-state index in [1.807, 2.05) is 0 Å². The molecule has 0 spiro atoms. The van der Waals surface area contributed by atoms with Gasteiger partial charge in [0.1, 0.15) is 5.00 Å².